The highest BCUT2D eigenvalue weighted by atomic mass is 32.2. The summed E-state index contributed by atoms with van der Waals surface area (Å²) >= 11 is 1.43. The van der Waals surface area contributed by atoms with Crippen LogP contribution in [0, 0.1) is 10.8 Å². The molecule has 34 heavy (non-hydrogen) atoms. The summed E-state index contributed by atoms with van der Waals surface area (Å²) in [7, 11) is 0. The topological polar surface area (TPSA) is 73.4 Å². The Bertz CT molecular complexity index is 1160. The Balaban J connectivity index is 1.38. The standard InChI is InChI=1S/C26H32N4O3S/c1-5-32-19-10-8-18(9-11-19)30-23(20-7-6-14-33-20)27-28-24(30)34-16-22(31)29-13-12-26(4)15-21(29)25(2,3)17-26/h6-11,14,21H,5,12-13,15-17H2,1-4H3. The maximum Gasteiger partial charge on any atom is 0.233 e. The van der Waals surface area contributed by atoms with E-state index in [4.69, 9.17) is 9.15 Å². The first-order valence-electron chi connectivity index (χ1n) is 11.9. The SMILES string of the molecule is CCOc1ccc(-n2c(SCC(=O)N3CCC4(C)CC3C(C)(C)C4)nnc2-c2ccco2)cc1. The highest BCUT2D eigenvalue weighted by Gasteiger charge is 2.53. The normalized spacial score (nSPS) is 23.3. The number of hydrogen-bond donors (Lipinski definition) is 0. The molecule has 0 radical (unpaired) electrons. The number of rotatable bonds is 7. The van der Waals surface area contributed by atoms with Crippen LogP contribution in [-0.2, 0) is 4.79 Å². The number of carbonyl (C=O) groups is 1. The maximum absolute atomic E-state index is 13.4. The second-order valence-corrected chi connectivity index (χ2v) is 11.3. The molecule has 2 aliphatic rings. The van der Waals surface area contributed by atoms with E-state index in [1.807, 2.05) is 47.9 Å². The monoisotopic (exact) mass is 480 g/mol. The van der Waals surface area contributed by atoms with Crippen molar-refractivity contribution in [2.75, 3.05) is 18.9 Å². The smallest absolute Gasteiger partial charge is 0.233 e. The molecule has 2 atom stereocenters. The molecule has 1 aliphatic carbocycles. The lowest BCUT2D eigenvalue weighted by molar-refractivity contribution is -0.133. The van der Waals surface area contributed by atoms with Crippen LogP contribution in [0.2, 0.25) is 0 Å². The number of piperidine rings is 1. The van der Waals surface area contributed by atoms with Crippen molar-refractivity contribution in [3.63, 3.8) is 0 Å². The first-order chi connectivity index (χ1) is 16.3. The molecule has 1 saturated heterocycles. The second-order valence-electron chi connectivity index (χ2n) is 10.4. The van der Waals surface area contributed by atoms with Gasteiger partial charge in [0.1, 0.15) is 5.75 Å². The minimum atomic E-state index is 0.153. The summed E-state index contributed by atoms with van der Waals surface area (Å²) in [5, 5.41) is 9.49. The van der Waals surface area contributed by atoms with Gasteiger partial charge >= 0.3 is 0 Å². The molecule has 3 aromatic rings. The zero-order valence-corrected chi connectivity index (χ0v) is 21.1. The number of benzene rings is 1. The molecule has 2 bridgehead atoms. The second kappa shape index (κ2) is 8.80. The highest BCUT2D eigenvalue weighted by Crippen LogP contribution is 2.55. The molecule has 1 saturated carbocycles. The molecule has 2 aromatic heterocycles. The minimum absolute atomic E-state index is 0.153. The van der Waals surface area contributed by atoms with Gasteiger partial charge < -0.3 is 14.1 Å². The lowest BCUT2D eigenvalue weighted by Gasteiger charge is -2.40. The van der Waals surface area contributed by atoms with Gasteiger partial charge in [0, 0.05) is 12.6 Å². The van der Waals surface area contributed by atoms with Crippen LogP contribution < -0.4 is 4.74 Å². The van der Waals surface area contributed by atoms with E-state index in [9.17, 15) is 4.79 Å². The van der Waals surface area contributed by atoms with Gasteiger partial charge in [-0.15, -0.1) is 10.2 Å². The molecule has 2 fully saturated rings. The van der Waals surface area contributed by atoms with E-state index in [2.05, 4.69) is 35.9 Å². The molecule has 2 unspecified atom stereocenters. The first-order valence-corrected chi connectivity index (χ1v) is 12.9. The molecule has 0 N–H and O–H groups in total. The van der Waals surface area contributed by atoms with Gasteiger partial charge in [-0.05, 0) is 73.4 Å². The average molecular weight is 481 g/mol. The van der Waals surface area contributed by atoms with Gasteiger partial charge in [0.2, 0.25) is 11.7 Å². The fourth-order valence-corrected chi connectivity index (χ4v) is 6.67. The van der Waals surface area contributed by atoms with Crippen LogP contribution >= 0.6 is 11.8 Å². The summed E-state index contributed by atoms with van der Waals surface area (Å²) < 4.78 is 13.1. The largest absolute Gasteiger partial charge is 0.494 e. The highest BCUT2D eigenvalue weighted by molar-refractivity contribution is 7.99. The molecular weight excluding hydrogens is 448 g/mol. The number of likely N-dealkylation sites (tertiary alicyclic amines) is 1. The number of amides is 1. The van der Waals surface area contributed by atoms with Crippen molar-refractivity contribution in [1.82, 2.24) is 19.7 Å². The van der Waals surface area contributed by atoms with E-state index in [0.29, 0.717) is 40.6 Å². The number of nitrogens with zero attached hydrogens (tertiary/aromatic N) is 4. The number of carbonyl (C=O) groups excluding carboxylic acids is 1. The van der Waals surface area contributed by atoms with Crippen molar-refractivity contribution in [1.29, 1.82) is 0 Å². The van der Waals surface area contributed by atoms with Crippen molar-refractivity contribution >= 4 is 17.7 Å². The number of ether oxygens (including phenoxy) is 1. The third-order valence-electron chi connectivity index (χ3n) is 7.23. The van der Waals surface area contributed by atoms with E-state index < -0.39 is 0 Å². The van der Waals surface area contributed by atoms with Crippen molar-refractivity contribution in [3.8, 4) is 23.0 Å². The molecule has 3 heterocycles. The molecule has 1 aliphatic heterocycles. The van der Waals surface area contributed by atoms with Crippen molar-refractivity contribution < 1.29 is 13.9 Å². The molecule has 1 amide bonds. The van der Waals surface area contributed by atoms with Gasteiger partial charge in [-0.2, -0.15) is 0 Å². The number of aromatic nitrogens is 3. The van der Waals surface area contributed by atoms with Crippen LogP contribution in [-0.4, -0.2) is 50.5 Å². The third kappa shape index (κ3) is 4.24. The van der Waals surface area contributed by atoms with E-state index >= 15 is 0 Å². The Kier molecular flexibility index (Phi) is 5.96. The fourth-order valence-electron chi connectivity index (χ4n) is 5.83. The van der Waals surface area contributed by atoms with Crippen LogP contribution in [0.3, 0.4) is 0 Å². The molecule has 8 heteroatoms. The molecule has 180 valence electrons. The molecular formula is C26H32N4O3S. The van der Waals surface area contributed by atoms with Gasteiger partial charge in [0.05, 0.1) is 24.3 Å². The summed E-state index contributed by atoms with van der Waals surface area (Å²) in [6.45, 7) is 10.4. The van der Waals surface area contributed by atoms with Crippen LogP contribution in [0.15, 0.2) is 52.2 Å². The lowest BCUT2D eigenvalue weighted by atomic mass is 9.81. The Hall–Kier alpha value is -2.74. The van der Waals surface area contributed by atoms with E-state index in [-0.39, 0.29) is 11.3 Å². The minimum Gasteiger partial charge on any atom is -0.494 e. The van der Waals surface area contributed by atoms with Gasteiger partial charge in [-0.3, -0.25) is 9.36 Å². The van der Waals surface area contributed by atoms with Crippen LogP contribution in [0.5, 0.6) is 5.75 Å². The van der Waals surface area contributed by atoms with Gasteiger partial charge in [-0.25, -0.2) is 0 Å². The number of furan rings is 1. The van der Waals surface area contributed by atoms with Gasteiger partial charge in [0.15, 0.2) is 10.9 Å². The zero-order chi connectivity index (χ0) is 23.9. The summed E-state index contributed by atoms with van der Waals surface area (Å²) in [6, 6.07) is 11.8. The van der Waals surface area contributed by atoms with E-state index in [1.165, 1.54) is 18.2 Å². The Morgan fingerprint density at radius 3 is 2.71 bits per heavy atom. The third-order valence-corrected chi connectivity index (χ3v) is 8.14. The molecule has 1 aromatic carbocycles. The zero-order valence-electron chi connectivity index (χ0n) is 20.3. The maximum atomic E-state index is 13.4. The average Bonchev–Trinajstić information content (AvgIpc) is 3.51. The van der Waals surface area contributed by atoms with Gasteiger partial charge in [0.25, 0.3) is 0 Å². The van der Waals surface area contributed by atoms with E-state index in [1.54, 1.807) is 6.26 Å². The lowest BCUT2D eigenvalue weighted by Crippen LogP contribution is -2.49. The molecule has 7 nitrogen and oxygen atoms in total. The predicted molar refractivity (Wildman–Crippen MR) is 132 cm³/mol. The summed E-state index contributed by atoms with van der Waals surface area (Å²) in [5.41, 5.74) is 1.41. The number of hydrogen-bond acceptors (Lipinski definition) is 6. The summed E-state index contributed by atoms with van der Waals surface area (Å²) in [6.07, 6.45) is 4.98. The van der Waals surface area contributed by atoms with Crippen LogP contribution in [0.25, 0.3) is 17.3 Å². The molecule has 0 spiro atoms. The molecule has 5 rings (SSSR count). The summed E-state index contributed by atoms with van der Waals surface area (Å²) in [5.74, 6) is 2.54. The number of thioether (sulfide) groups is 1. The van der Waals surface area contributed by atoms with Crippen molar-refractivity contribution in [3.05, 3.63) is 42.7 Å². The Labute approximate surface area is 204 Å². The number of fused-ring (bicyclic) bond motifs is 2. The quantitative estimate of drug-likeness (QED) is 0.419. The Morgan fingerprint density at radius 1 is 1.21 bits per heavy atom. The predicted octanol–water partition coefficient (Wildman–Crippen LogP) is 5.45. The first kappa shape index (κ1) is 23.0. The van der Waals surface area contributed by atoms with Crippen molar-refractivity contribution in [2.45, 2.75) is 58.2 Å². The fraction of sp³-hybridized carbons (Fsp3) is 0.500. The van der Waals surface area contributed by atoms with E-state index in [0.717, 1.165) is 30.8 Å². The van der Waals surface area contributed by atoms with Crippen molar-refractivity contribution in [2.24, 2.45) is 10.8 Å². The van der Waals surface area contributed by atoms with Gasteiger partial charge in [-0.1, -0.05) is 32.5 Å². The van der Waals surface area contributed by atoms with Crippen LogP contribution in [0.1, 0.15) is 47.0 Å². The van der Waals surface area contributed by atoms with Crippen LogP contribution in [0.4, 0.5) is 0 Å². The summed E-state index contributed by atoms with van der Waals surface area (Å²) in [4.78, 5) is 15.5. The Morgan fingerprint density at radius 2 is 2.00 bits per heavy atom.